The van der Waals surface area contributed by atoms with E-state index >= 15 is 0 Å². The highest BCUT2D eigenvalue weighted by Crippen LogP contribution is 2.20. The summed E-state index contributed by atoms with van der Waals surface area (Å²) in [4.78, 5) is 0. The van der Waals surface area contributed by atoms with Gasteiger partial charge in [0.2, 0.25) is 0 Å². The lowest BCUT2D eigenvalue weighted by molar-refractivity contribution is 0.0436. The van der Waals surface area contributed by atoms with Gasteiger partial charge >= 0.3 is 0 Å². The lowest BCUT2D eigenvalue weighted by Gasteiger charge is -2.10. The number of hydrogen-bond donors (Lipinski definition) is 1. The number of nitrogens with zero attached hydrogens (tertiary/aromatic N) is 2. The molecule has 0 aliphatic carbocycles. The molecule has 0 spiro atoms. The van der Waals surface area contributed by atoms with Crippen molar-refractivity contribution >= 4 is 0 Å². The zero-order chi connectivity index (χ0) is 13.7. The van der Waals surface area contributed by atoms with Crippen LogP contribution in [0.25, 0.3) is 0 Å². The van der Waals surface area contributed by atoms with Crippen molar-refractivity contribution in [1.29, 1.82) is 0 Å². The predicted octanol–water partition coefficient (Wildman–Crippen LogP) is 1.50. The third-order valence-corrected chi connectivity index (χ3v) is 3.56. The van der Waals surface area contributed by atoms with E-state index in [1.165, 1.54) is 5.56 Å². The molecule has 19 heavy (non-hydrogen) atoms. The van der Waals surface area contributed by atoms with Crippen molar-refractivity contribution in [3.63, 3.8) is 0 Å². The van der Waals surface area contributed by atoms with Crippen LogP contribution in [-0.2, 0) is 22.6 Å². The van der Waals surface area contributed by atoms with Gasteiger partial charge in [0.25, 0.3) is 0 Å². The van der Waals surface area contributed by atoms with Crippen molar-refractivity contribution in [3.8, 4) is 0 Å². The Balaban J connectivity index is 1.82. The fourth-order valence-corrected chi connectivity index (χ4v) is 2.45. The third-order valence-electron chi connectivity index (χ3n) is 3.56. The Morgan fingerprint density at radius 2 is 2.37 bits per heavy atom. The van der Waals surface area contributed by atoms with Gasteiger partial charge in [-0.2, -0.15) is 5.10 Å². The molecule has 0 radical (unpaired) electrons. The lowest BCUT2D eigenvalue weighted by Crippen LogP contribution is -2.18. The SMILES string of the molecule is COCCNCc1cn(CC2CCC(C)O2)nc1C. The Hall–Kier alpha value is -0.910. The van der Waals surface area contributed by atoms with E-state index in [-0.39, 0.29) is 0 Å². The van der Waals surface area contributed by atoms with E-state index in [0.29, 0.717) is 12.2 Å². The van der Waals surface area contributed by atoms with Gasteiger partial charge in [0.15, 0.2) is 0 Å². The summed E-state index contributed by atoms with van der Waals surface area (Å²) < 4.78 is 12.9. The molecule has 2 heterocycles. The van der Waals surface area contributed by atoms with E-state index in [2.05, 4.69) is 30.5 Å². The van der Waals surface area contributed by atoms with Gasteiger partial charge in [-0.3, -0.25) is 4.68 Å². The monoisotopic (exact) mass is 267 g/mol. The van der Waals surface area contributed by atoms with E-state index in [4.69, 9.17) is 9.47 Å². The zero-order valence-corrected chi connectivity index (χ0v) is 12.2. The van der Waals surface area contributed by atoms with Gasteiger partial charge in [0.05, 0.1) is 31.1 Å². The van der Waals surface area contributed by atoms with E-state index in [1.54, 1.807) is 7.11 Å². The van der Waals surface area contributed by atoms with Crippen LogP contribution >= 0.6 is 0 Å². The minimum absolute atomic E-state index is 0.323. The number of nitrogens with one attached hydrogen (secondary N) is 1. The predicted molar refractivity (Wildman–Crippen MR) is 74.1 cm³/mol. The van der Waals surface area contributed by atoms with Gasteiger partial charge in [-0.1, -0.05) is 0 Å². The Labute approximate surface area is 115 Å². The molecule has 0 saturated carbocycles. The first-order chi connectivity index (χ1) is 9.19. The number of methoxy groups -OCH3 is 1. The number of ether oxygens (including phenoxy) is 2. The molecule has 0 amide bonds. The molecular formula is C14H25N3O2. The van der Waals surface area contributed by atoms with Crippen molar-refractivity contribution in [2.45, 2.75) is 52.0 Å². The van der Waals surface area contributed by atoms with Gasteiger partial charge in [-0.05, 0) is 26.7 Å². The van der Waals surface area contributed by atoms with Crippen molar-refractivity contribution in [1.82, 2.24) is 15.1 Å². The normalized spacial score (nSPS) is 23.1. The van der Waals surface area contributed by atoms with Crippen LogP contribution in [0.4, 0.5) is 0 Å². The van der Waals surface area contributed by atoms with Gasteiger partial charge in [-0.15, -0.1) is 0 Å². The first-order valence-electron chi connectivity index (χ1n) is 7.07. The first-order valence-corrected chi connectivity index (χ1v) is 7.07. The van der Waals surface area contributed by atoms with E-state index in [9.17, 15) is 0 Å². The van der Waals surface area contributed by atoms with Crippen LogP contribution in [0, 0.1) is 6.92 Å². The van der Waals surface area contributed by atoms with E-state index in [1.807, 2.05) is 4.68 Å². The molecule has 1 aliphatic rings. The van der Waals surface area contributed by atoms with Crippen molar-refractivity contribution in [3.05, 3.63) is 17.5 Å². The van der Waals surface area contributed by atoms with Gasteiger partial charge in [0.1, 0.15) is 0 Å². The van der Waals surface area contributed by atoms with Crippen LogP contribution in [0.1, 0.15) is 31.0 Å². The Bertz CT molecular complexity index is 392. The largest absolute Gasteiger partial charge is 0.383 e. The van der Waals surface area contributed by atoms with Crippen LogP contribution < -0.4 is 5.32 Å². The molecule has 0 aromatic carbocycles. The number of hydrogen-bond acceptors (Lipinski definition) is 4. The molecule has 2 atom stereocenters. The summed E-state index contributed by atoms with van der Waals surface area (Å²) in [7, 11) is 1.72. The molecule has 5 heteroatoms. The quantitative estimate of drug-likeness (QED) is 0.761. The van der Waals surface area contributed by atoms with Gasteiger partial charge in [-0.25, -0.2) is 0 Å². The smallest absolute Gasteiger partial charge is 0.0775 e. The summed E-state index contributed by atoms with van der Waals surface area (Å²) in [5, 5.41) is 7.91. The van der Waals surface area contributed by atoms with E-state index < -0.39 is 0 Å². The Kier molecular flexibility index (Phi) is 5.36. The van der Waals surface area contributed by atoms with E-state index in [0.717, 1.165) is 44.8 Å². The average Bonchev–Trinajstić information content (AvgIpc) is 2.92. The standard InChI is InChI=1S/C14H25N3O2/c1-11-4-5-14(19-11)10-17-9-13(12(2)16-17)8-15-6-7-18-3/h9,11,14-15H,4-8,10H2,1-3H3. The van der Waals surface area contributed by atoms with Crippen molar-refractivity contribution < 1.29 is 9.47 Å². The third kappa shape index (κ3) is 4.30. The summed E-state index contributed by atoms with van der Waals surface area (Å²) in [6.45, 7) is 7.51. The second-order valence-corrected chi connectivity index (χ2v) is 5.28. The zero-order valence-electron chi connectivity index (χ0n) is 12.2. The fourth-order valence-electron chi connectivity index (χ4n) is 2.45. The maximum absolute atomic E-state index is 5.83. The molecule has 1 fully saturated rings. The summed E-state index contributed by atoms with van der Waals surface area (Å²) in [5.41, 5.74) is 2.35. The van der Waals surface area contributed by atoms with Crippen LogP contribution in [0.3, 0.4) is 0 Å². The second kappa shape index (κ2) is 7.03. The number of rotatable bonds is 7. The highest BCUT2D eigenvalue weighted by atomic mass is 16.5. The lowest BCUT2D eigenvalue weighted by atomic mass is 10.2. The summed E-state index contributed by atoms with van der Waals surface area (Å²) in [5.74, 6) is 0. The molecule has 0 bridgehead atoms. The topological polar surface area (TPSA) is 48.3 Å². The van der Waals surface area contributed by atoms with Gasteiger partial charge in [0, 0.05) is 32.0 Å². The second-order valence-electron chi connectivity index (χ2n) is 5.28. The van der Waals surface area contributed by atoms with Crippen LogP contribution in [-0.4, -0.2) is 42.2 Å². The molecule has 1 aliphatic heterocycles. The first kappa shape index (κ1) is 14.5. The Morgan fingerprint density at radius 1 is 1.53 bits per heavy atom. The number of aromatic nitrogens is 2. The maximum atomic E-state index is 5.83. The molecule has 1 aromatic heterocycles. The molecule has 1 N–H and O–H groups in total. The molecular weight excluding hydrogens is 242 g/mol. The van der Waals surface area contributed by atoms with Crippen molar-refractivity contribution in [2.24, 2.45) is 0 Å². The van der Waals surface area contributed by atoms with Crippen molar-refractivity contribution in [2.75, 3.05) is 20.3 Å². The average molecular weight is 267 g/mol. The Morgan fingerprint density at radius 3 is 3.05 bits per heavy atom. The summed E-state index contributed by atoms with van der Waals surface area (Å²) in [6, 6.07) is 0. The molecule has 5 nitrogen and oxygen atoms in total. The molecule has 1 saturated heterocycles. The fraction of sp³-hybridized carbons (Fsp3) is 0.786. The van der Waals surface area contributed by atoms with Crippen LogP contribution in [0.15, 0.2) is 6.20 Å². The summed E-state index contributed by atoms with van der Waals surface area (Å²) in [6.07, 6.45) is 5.15. The number of aryl methyl sites for hydroxylation is 1. The maximum Gasteiger partial charge on any atom is 0.0775 e. The summed E-state index contributed by atoms with van der Waals surface area (Å²) >= 11 is 0. The molecule has 2 unspecified atom stereocenters. The molecule has 108 valence electrons. The van der Waals surface area contributed by atoms with Crippen LogP contribution in [0.5, 0.6) is 0 Å². The molecule has 2 rings (SSSR count). The highest BCUT2D eigenvalue weighted by Gasteiger charge is 2.22. The molecule has 1 aromatic rings. The highest BCUT2D eigenvalue weighted by molar-refractivity contribution is 5.15. The minimum atomic E-state index is 0.323. The van der Waals surface area contributed by atoms with Crippen LogP contribution in [0.2, 0.25) is 0 Å². The minimum Gasteiger partial charge on any atom is -0.383 e. The van der Waals surface area contributed by atoms with Gasteiger partial charge < -0.3 is 14.8 Å².